The average Bonchev–Trinajstić information content (AvgIpc) is 2.47. The van der Waals surface area contributed by atoms with Crippen molar-refractivity contribution >= 4 is 12.6 Å². The second-order valence-corrected chi connectivity index (χ2v) is 7.04. The summed E-state index contributed by atoms with van der Waals surface area (Å²) in [5.74, 6) is 1.87. The van der Waals surface area contributed by atoms with Crippen LogP contribution in [0.1, 0.15) is 110 Å². The molecule has 0 rings (SSSR count). The predicted octanol–water partition coefficient (Wildman–Crippen LogP) is 7.42. The maximum atomic E-state index is 4.34. The van der Waals surface area contributed by atoms with Gasteiger partial charge in [-0.2, -0.15) is 12.6 Å². The molecule has 0 aliphatic heterocycles. The van der Waals surface area contributed by atoms with Gasteiger partial charge in [-0.1, -0.05) is 104 Å². The maximum absolute atomic E-state index is 4.34. The van der Waals surface area contributed by atoms with Crippen molar-refractivity contribution in [2.24, 2.45) is 5.92 Å². The first-order chi connectivity index (χ1) is 9.81. The van der Waals surface area contributed by atoms with Crippen molar-refractivity contribution in [2.75, 3.05) is 5.75 Å². The van der Waals surface area contributed by atoms with Crippen LogP contribution in [0.5, 0.6) is 0 Å². The lowest BCUT2D eigenvalue weighted by Gasteiger charge is -2.07. The molecule has 0 aromatic rings. The van der Waals surface area contributed by atoms with Crippen molar-refractivity contribution in [1.82, 2.24) is 0 Å². The van der Waals surface area contributed by atoms with E-state index in [1.807, 2.05) is 0 Å². The first-order valence-corrected chi connectivity index (χ1v) is 10.0. The number of hydrogen-bond donors (Lipinski definition) is 1. The Morgan fingerprint density at radius 1 is 0.600 bits per heavy atom. The third-order valence-electron chi connectivity index (χ3n) is 4.36. The molecule has 0 nitrogen and oxygen atoms in total. The lowest BCUT2D eigenvalue weighted by atomic mass is 10.0. The lowest BCUT2D eigenvalue weighted by Crippen LogP contribution is -1.95. The van der Waals surface area contributed by atoms with E-state index in [1.54, 1.807) is 0 Å². The van der Waals surface area contributed by atoms with E-state index in [0.717, 1.165) is 11.7 Å². The average molecular weight is 301 g/mol. The van der Waals surface area contributed by atoms with Gasteiger partial charge in [0.05, 0.1) is 0 Å². The molecular formula is C19H40S. The highest BCUT2D eigenvalue weighted by Crippen LogP contribution is 2.15. The van der Waals surface area contributed by atoms with Gasteiger partial charge in [0, 0.05) is 0 Å². The van der Waals surface area contributed by atoms with E-state index >= 15 is 0 Å². The molecule has 1 atom stereocenters. The zero-order valence-corrected chi connectivity index (χ0v) is 15.2. The third-order valence-corrected chi connectivity index (χ3v) is 4.99. The van der Waals surface area contributed by atoms with E-state index < -0.39 is 0 Å². The molecule has 0 aliphatic rings. The Morgan fingerprint density at radius 2 is 0.950 bits per heavy atom. The molecule has 1 unspecified atom stereocenters. The van der Waals surface area contributed by atoms with Crippen molar-refractivity contribution in [1.29, 1.82) is 0 Å². The van der Waals surface area contributed by atoms with Crippen molar-refractivity contribution in [3.63, 3.8) is 0 Å². The number of unbranched alkanes of at least 4 members (excludes halogenated alkanes) is 13. The molecule has 0 aromatic carbocycles. The second-order valence-electron chi connectivity index (χ2n) is 6.67. The summed E-state index contributed by atoms with van der Waals surface area (Å²) in [4.78, 5) is 0. The normalized spacial score (nSPS) is 12.8. The highest BCUT2D eigenvalue weighted by atomic mass is 32.1. The standard InChI is InChI=1S/C19H40S/c1-3-4-5-6-7-8-9-10-11-12-13-14-15-16-17-19(2)18-20/h19-20H,3-18H2,1-2H3. The molecule has 0 aliphatic carbocycles. The Balaban J connectivity index is 2.96. The molecule has 0 heterocycles. The smallest absolute Gasteiger partial charge is 0.00721 e. The fourth-order valence-electron chi connectivity index (χ4n) is 2.78. The van der Waals surface area contributed by atoms with Crippen LogP contribution in [0.15, 0.2) is 0 Å². The first-order valence-electron chi connectivity index (χ1n) is 9.42. The lowest BCUT2D eigenvalue weighted by molar-refractivity contribution is 0.506. The van der Waals surface area contributed by atoms with Gasteiger partial charge in [-0.15, -0.1) is 0 Å². The quantitative estimate of drug-likeness (QED) is 0.222. The molecule has 0 saturated heterocycles. The summed E-state index contributed by atoms with van der Waals surface area (Å²) in [6.45, 7) is 4.61. The molecule has 0 bridgehead atoms. The minimum Gasteiger partial charge on any atom is -0.179 e. The summed E-state index contributed by atoms with van der Waals surface area (Å²) in [5, 5.41) is 0. The zero-order chi connectivity index (χ0) is 14.9. The van der Waals surface area contributed by atoms with Crippen LogP contribution in [0, 0.1) is 5.92 Å². The molecule has 0 aromatic heterocycles. The molecule has 0 N–H and O–H groups in total. The maximum Gasteiger partial charge on any atom is -0.00721 e. The topological polar surface area (TPSA) is 0 Å². The molecule has 1 heteroatoms. The van der Waals surface area contributed by atoms with Crippen LogP contribution in [0.2, 0.25) is 0 Å². The molecule has 0 radical (unpaired) electrons. The fraction of sp³-hybridized carbons (Fsp3) is 1.00. The second kappa shape index (κ2) is 17.4. The van der Waals surface area contributed by atoms with E-state index in [4.69, 9.17) is 0 Å². The van der Waals surface area contributed by atoms with Gasteiger partial charge in [0.25, 0.3) is 0 Å². The van der Waals surface area contributed by atoms with E-state index in [1.165, 1.54) is 96.3 Å². The predicted molar refractivity (Wildman–Crippen MR) is 97.9 cm³/mol. The summed E-state index contributed by atoms with van der Waals surface area (Å²) in [6.07, 6.45) is 21.7. The fourth-order valence-corrected chi connectivity index (χ4v) is 2.96. The highest BCUT2D eigenvalue weighted by Gasteiger charge is 1.98. The minimum atomic E-state index is 0.815. The van der Waals surface area contributed by atoms with Crippen molar-refractivity contribution in [2.45, 2.75) is 110 Å². The van der Waals surface area contributed by atoms with E-state index in [2.05, 4.69) is 26.5 Å². The summed E-state index contributed by atoms with van der Waals surface area (Å²) < 4.78 is 0. The van der Waals surface area contributed by atoms with Gasteiger partial charge in [0.1, 0.15) is 0 Å². The molecule has 20 heavy (non-hydrogen) atoms. The van der Waals surface area contributed by atoms with E-state index in [9.17, 15) is 0 Å². The SMILES string of the molecule is CCCCCCCCCCCCCCCCC(C)CS. The van der Waals surface area contributed by atoms with Gasteiger partial charge >= 0.3 is 0 Å². The van der Waals surface area contributed by atoms with Gasteiger partial charge in [-0.25, -0.2) is 0 Å². The molecule has 0 saturated carbocycles. The van der Waals surface area contributed by atoms with Crippen LogP contribution < -0.4 is 0 Å². The van der Waals surface area contributed by atoms with Crippen LogP contribution >= 0.6 is 12.6 Å². The van der Waals surface area contributed by atoms with Gasteiger partial charge in [0.2, 0.25) is 0 Å². The van der Waals surface area contributed by atoms with Crippen LogP contribution in [-0.4, -0.2) is 5.75 Å². The molecule has 122 valence electrons. The molecule has 0 amide bonds. The summed E-state index contributed by atoms with van der Waals surface area (Å²) >= 11 is 4.34. The highest BCUT2D eigenvalue weighted by molar-refractivity contribution is 7.80. The molecular weight excluding hydrogens is 260 g/mol. The van der Waals surface area contributed by atoms with Gasteiger partial charge in [-0.05, 0) is 18.1 Å². The Kier molecular flexibility index (Phi) is 17.7. The van der Waals surface area contributed by atoms with Crippen LogP contribution in [0.3, 0.4) is 0 Å². The Bertz CT molecular complexity index is 167. The van der Waals surface area contributed by atoms with Crippen molar-refractivity contribution in [3.05, 3.63) is 0 Å². The van der Waals surface area contributed by atoms with Crippen LogP contribution in [-0.2, 0) is 0 Å². The van der Waals surface area contributed by atoms with Gasteiger partial charge in [0.15, 0.2) is 0 Å². The largest absolute Gasteiger partial charge is 0.179 e. The summed E-state index contributed by atoms with van der Waals surface area (Å²) in [6, 6.07) is 0. The number of rotatable bonds is 16. The van der Waals surface area contributed by atoms with Crippen LogP contribution in [0.4, 0.5) is 0 Å². The van der Waals surface area contributed by atoms with Gasteiger partial charge in [-0.3, -0.25) is 0 Å². The number of thiol groups is 1. The number of hydrogen-bond acceptors (Lipinski definition) is 1. The van der Waals surface area contributed by atoms with Crippen molar-refractivity contribution in [3.8, 4) is 0 Å². The molecule has 0 fully saturated rings. The Morgan fingerprint density at radius 3 is 1.30 bits per heavy atom. The minimum absolute atomic E-state index is 0.815. The third kappa shape index (κ3) is 16.4. The van der Waals surface area contributed by atoms with E-state index in [-0.39, 0.29) is 0 Å². The van der Waals surface area contributed by atoms with Crippen molar-refractivity contribution < 1.29 is 0 Å². The van der Waals surface area contributed by atoms with Crippen LogP contribution in [0.25, 0.3) is 0 Å². The molecule has 0 spiro atoms. The zero-order valence-electron chi connectivity index (χ0n) is 14.3. The first kappa shape index (κ1) is 20.3. The Labute approximate surface area is 134 Å². The Hall–Kier alpha value is 0.350. The summed E-state index contributed by atoms with van der Waals surface area (Å²) in [5.41, 5.74) is 0. The summed E-state index contributed by atoms with van der Waals surface area (Å²) in [7, 11) is 0. The monoisotopic (exact) mass is 300 g/mol. The van der Waals surface area contributed by atoms with Gasteiger partial charge < -0.3 is 0 Å². The van der Waals surface area contributed by atoms with E-state index in [0.29, 0.717) is 0 Å².